The Balaban J connectivity index is 0. The zero-order valence-electron chi connectivity index (χ0n) is 13.1. The molecule has 1 aliphatic heterocycles. The van der Waals surface area contributed by atoms with Crippen LogP contribution in [0.1, 0.15) is 27.2 Å². The lowest BCUT2D eigenvalue weighted by atomic mass is 10.1. The molecule has 6 heteroatoms. The molecule has 1 fully saturated rings. The maximum Gasteiger partial charge on any atom is 0.224 e. The number of hydrogen-bond acceptors (Lipinski definition) is 3. The summed E-state index contributed by atoms with van der Waals surface area (Å²) in [4.78, 5) is 14.3. The minimum Gasteiger partial charge on any atom is -0.356 e. The van der Waals surface area contributed by atoms with Crippen LogP contribution in [-0.4, -0.2) is 50.6 Å². The third kappa shape index (κ3) is 8.30. The normalized spacial score (nSPS) is 20.1. The van der Waals surface area contributed by atoms with Gasteiger partial charge in [0.05, 0.1) is 0 Å². The number of nitrogens with one attached hydrogen (secondary N) is 2. The van der Waals surface area contributed by atoms with E-state index in [0.717, 1.165) is 25.6 Å². The van der Waals surface area contributed by atoms with Crippen LogP contribution in [0.15, 0.2) is 0 Å². The lowest BCUT2D eigenvalue weighted by Gasteiger charge is -2.19. The number of halogens is 2. The Labute approximate surface area is 136 Å². The third-order valence-electron chi connectivity index (χ3n) is 3.52. The van der Waals surface area contributed by atoms with Crippen molar-refractivity contribution in [2.75, 3.05) is 39.8 Å². The van der Waals surface area contributed by atoms with Crippen molar-refractivity contribution in [2.45, 2.75) is 27.2 Å². The maximum absolute atomic E-state index is 11.8. The van der Waals surface area contributed by atoms with Gasteiger partial charge < -0.3 is 15.5 Å². The van der Waals surface area contributed by atoms with Gasteiger partial charge in [0, 0.05) is 32.1 Å². The van der Waals surface area contributed by atoms with Gasteiger partial charge in [-0.15, -0.1) is 24.8 Å². The van der Waals surface area contributed by atoms with E-state index in [0.29, 0.717) is 5.92 Å². The van der Waals surface area contributed by atoms with Gasteiger partial charge in [-0.1, -0.05) is 20.8 Å². The monoisotopic (exact) mass is 327 g/mol. The third-order valence-corrected chi connectivity index (χ3v) is 3.52. The predicted molar refractivity (Wildman–Crippen MR) is 90.0 cm³/mol. The number of carbonyl (C=O) groups is 1. The van der Waals surface area contributed by atoms with Crippen molar-refractivity contribution in [2.24, 2.45) is 17.8 Å². The summed E-state index contributed by atoms with van der Waals surface area (Å²) in [6, 6.07) is 0. The summed E-state index contributed by atoms with van der Waals surface area (Å²) >= 11 is 0. The molecule has 2 unspecified atom stereocenters. The van der Waals surface area contributed by atoms with Crippen LogP contribution >= 0.6 is 24.8 Å². The number of amides is 1. The van der Waals surface area contributed by atoms with Crippen molar-refractivity contribution in [3.8, 4) is 0 Å². The fraction of sp³-hybridized carbons (Fsp3) is 0.929. The molecule has 20 heavy (non-hydrogen) atoms. The van der Waals surface area contributed by atoms with E-state index < -0.39 is 0 Å². The molecule has 0 aromatic carbocycles. The fourth-order valence-electron chi connectivity index (χ4n) is 2.58. The molecule has 0 aromatic rings. The lowest BCUT2D eigenvalue weighted by molar-refractivity contribution is -0.124. The quantitative estimate of drug-likeness (QED) is 0.749. The Bertz CT molecular complexity index is 265. The van der Waals surface area contributed by atoms with E-state index in [-0.39, 0.29) is 36.6 Å². The summed E-state index contributed by atoms with van der Waals surface area (Å²) in [5, 5.41) is 6.11. The Morgan fingerprint density at radius 1 is 1.30 bits per heavy atom. The van der Waals surface area contributed by atoms with E-state index in [1.807, 2.05) is 14.0 Å². The molecule has 0 spiro atoms. The summed E-state index contributed by atoms with van der Waals surface area (Å²) in [6.07, 6.45) is 1.22. The number of likely N-dealkylation sites (tertiary alicyclic amines) is 1. The zero-order valence-corrected chi connectivity index (χ0v) is 14.8. The molecule has 0 aromatic heterocycles. The molecule has 1 saturated heterocycles. The smallest absolute Gasteiger partial charge is 0.224 e. The number of rotatable bonds is 7. The average Bonchev–Trinajstić information content (AvgIpc) is 2.73. The molecule has 1 aliphatic rings. The van der Waals surface area contributed by atoms with Crippen LogP contribution in [0.2, 0.25) is 0 Å². The molecule has 0 bridgehead atoms. The highest BCUT2D eigenvalue weighted by Crippen LogP contribution is 2.16. The van der Waals surface area contributed by atoms with Gasteiger partial charge in [0.1, 0.15) is 0 Å². The summed E-state index contributed by atoms with van der Waals surface area (Å²) in [5.74, 6) is 1.60. The second-order valence-corrected chi connectivity index (χ2v) is 6.01. The highest BCUT2D eigenvalue weighted by atomic mass is 35.5. The molecule has 2 atom stereocenters. The Hall–Kier alpha value is -0.0300. The SMILES string of the molecule is CNCC(C)C(=O)NCC1CCN(CC(C)C)C1.Cl.Cl. The minimum absolute atomic E-state index is 0. The van der Waals surface area contributed by atoms with Crippen LogP contribution in [-0.2, 0) is 4.79 Å². The van der Waals surface area contributed by atoms with Crippen molar-refractivity contribution in [3.05, 3.63) is 0 Å². The van der Waals surface area contributed by atoms with Gasteiger partial charge in [-0.05, 0) is 31.8 Å². The van der Waals surface area contributed by atoms with Crippen LogP contribution < -0.4 is 10.6 Å². The van der Waals surface area contributed by atoms with E-state index in [4.69, 9.17) is 0 Å². The molecule has 2 N–H and O–H groups in total. The van der Waals surface area contributed by atoms with Gasteiger partial charge in [-0.3, -0.25) is 4.79 Å². The van der Waals surface area contributed by atoms with Gasteiger partial charge >= 0.3 is 0 Å². The second kappa shape index (κ2) is 11.6. The molecule has 1 rings (SSSR count). The Kier molecular flexibility index (Phi) is 12.9. The standard InChI is InChI=1S/C14H29N3O.2ClH/c1-11(2)9-17-6-5-13(10-17)8-16-14(18)12(3)7-15-4;;/h11-13,15H,5-10H2,1-4H3,(H,16,18);2*1H. The highest BCUT2D eigenvalue weighted by Gasteiger charge is 2.23. The molecular weight excluding hydrogens is 297 g/mol. The first kappa shape index (κ1) is 22.3. The van der Waals surface area contributed by atoms with Gasteiger partial charge in [0.25, 0.3) is 0 Å². The van der Waals surface area contributed by atoms with Crippen LogP contribution in [0, 0.1) is 17.8 Å². The summed E-state index contributed by atoms with van der Waals surface area (Å²) in [6.45, 7) is 11.6. The van der Waals surface area contributed by atoms with Crippen LogP contribution in [0.25, 0.3) is 0 Å². The molecule has 0 aliphatic carbocycles. The molecule has 122 valence electrons. The maximum atomic E-state index is 11.8. The molecule has 4 nitrogen and oxygen atoms in total. The topological polar surface area (TPSA) is 44.4 Å². The molecule has 1 amide bonds. The first-order valence-electron chi connectivity index (χ1n) is 7.17. The Morgan fingerprint density at radius 2 is 1.95 bits per heavy atom. The van der Waals surface area contributed by atoms with E-state index in [1.54, 1.807) is 0 Å². The summed E-state index contributed by atoms with van der Waals surface area (Å²) < 4.78 is 0. The van der Waals surface area contributed by atoms with Gasteiger partial charge in [0.2, 0.25) is 5.91 Å². The molecule has 1 heterocycles. The van der Waals surface area contributed by atoms with Crippen molar-refractivity contribution < 1.29 is 4.79 Å². The van der Waals surface area contributed by atoms with E-state index in [9.17, 15) is 4.79 Å². The number of nitrogens with zero attached hydrogens (tertiary/aromatic N) is 1. The largest absolute Gasteiger partial charge is 0.356 e. The van der Waals surface area contributed by atoms with Crippen LogP contribution in [0.4, 0.5) is 0 Å². The molecular formula is C14H31Cl2N3O. The van der Waals surface area contributed by atoms with Gasteiger partial charge in [-0.25, -0.2) is 0 Å². The number of hydrogen-bond donors (Lipinski definition) is 2. The first-order chi connectivity index (χ1) is 8.52. The Morgan fingerprint density at radius 3 is 2.50 bits per heavy atom. The second-order valence-electron chi connectivity index (χ2n) is 6.01. The average molecular weight is 328 g/mol. The molecule has 0 radical (unpaired) electrons. The zero-order chi connectivity index (χ0) is 13.5. The fourth-order valence-corrected chi connectivity index (χ4v) is 2.58. The van der Waals surface area contributed by atoms with Gasteiger partial charge in [0.15, 0.2) is 0 Å². The predicted octanol–water partition coefficient (Wildman–Crippen LogP) is 1.78. The summed E-state index contributed by atoms with van der Waals surface area (Å²) in [7, 11) is 1.88. The van der Waals surface area contributed by atoms with Crippen molar-refractivity contribution in [3.63, 3.8) is 0 Å². The molecule has 0 saturated carbocycles. The van der Waals surface area contributed by atoms with Gasteiger partial charge in [-0.2, -0.15) is 0 Å². The van der Waals surface area contributed by atoms with Crippen LogP contribution in [0.5, 0.6) is 0 Å². The van der Waals surface area contributed by atoms with Crippen molar-refractivity contribution >= 4 is 30.7 Å². The number of carbonyl (C=O) groups excluding carboxylic acids is 1. The van der Waals surface area contributed by atoms with Crippen molar-refractivity contribution in [1.29, 1.82) is 0 Å². The summed E-state index contributed by atoms with van der Waals surface area (Å²) in [5.41, 5.74) is 0. The minimum atomic E-state index is 0. The van der Waals surface area contributed by atoms with Crippen LogP contribution in [0.3, 0.4) is 0 Å². The first-order valence-corrected chi connectivity index (χ1v) is 7.17. The highest BCUT2D eigenvalue weighted by molar-refractivity contribution is 5.85. The lowest BCUT2D eigenvalue weighted by Crippen LogP contribution is -2.37. The van der Waals surface area contributed by atoms with E-state index in [1.165, 1.54) is 19.5 Å². The van der Waals surface area contributed by atoms with Crippen molar-refractivity contribution in [1.82, 2.24) is 15.5 Å². The van der Waals surface area contributed by atoms with E-state index >= 15 is 0 Å². The van der Waals surface area contributed by atoms with E-state index in [2.05, 4.69) is 29.4 Å².